The van der Waals surface area contributed by atoms with Gasteiger partial charge >= 0.3 is 5.97 Å². The summed E-state index contributed by atoms with van der Waals surface area (Å²) in [5.41, 5.74) is 1.90. The van der Waals surface area contributed by atoms with Gasteiger partial charge in [0.15, 0.2) is 0 Å². The average molecular weight is 289 g/mol. The molecule has 0 unspecified atom stereocenters. The smallest absolute Gasteiger partial charge is 0.341 e. The fourth-order valence-corrected chi connectivity index (χ4v) is 2.82. The van der Waals surface area contributed by atoms with Crippen LogP contribution in [-0.4, -0.2) is 39.8 Å². The number of nitrogens with one attached hydrogen (secondary N) is 2. The molecule has 1 aliphatic rings. The number of aliphatic hydroxyl groups excluding tert-OH is 1. The second kappa shape index (κ2) is 5.73. The predicted molar refractivity (Wildman–Crippen MR) is 79.3 cm³/mol. The van der Waals surface area contributed by atoms with Crippen LogP contribution in [0.25, 0.3) is 11.0 Å². The number of pyridine rings is 1. The van der Waals surface area contributed by atoms with Gasteiger partial charge in [-0.25, -0.2) is 9.78 Å². The zero-order chi connectivity index (χ0) is 14.8. The average Bonchev–Trinajstić information content (AvgIpc) is 3.08. The van der Waals surface area contributed by atoms with Gasteiger partial charge in [-0.2, -0.15) is 0 Å². The molecule has 1 fully saturated rings. The van der Waals surface area contributed by atoms with E-state index in [4.69, 9.17) is 4.74 Å². The first-order chi connectivity index (χ1) is 10.2. The first kappa shape index (κ1) is 13.9. The maximum atomic E-state index is 12.1. The molecule has 1 saturated carbocycles. The Morgan fingerprint density at radius 1 is 1.57 bits per heavy atom. The van der Waals surface area contributed by atoms with Crippen LogP contribution in [-0.2, 0) is 4.74 Å². The summed E-state index contributed by atoms with van der Waals surface area (Å²) in [6.45, 7) is 2.10. The summed E-state index contributed by atoms with van der Waals surface area (Å²) in [5.74, 6) is -0.380. The van der Waals surface area contributed by atoms with Crippen molar-refractivity contribution in [2.45, 2.75) is 38.3 Å². The second-order valence-corrected chi connectivity index (χ2v) is 5.32. The molecule has 2 heterocycles. The van der Waals surface area contributed by atoms with Crippen LogP contribution in [0, 0.1) is 0 Å². The van der Waals surface area contributed by atoms with Crippen LogP contribution in [0.5, 0.6) is 0 Å². The minimum Gasteiger partial charge on any atom is -0.462 e. The van der Waals surface area contributed by atoms with Gasteiger partial charge in [-0.1, -0.05) is 0 Å². The highest BCUT2D eigenvalue weighted by Gasteiger charge is 2.25. The lowest BCUT2D eigenvalue weighted by Crippen LogP contribution is -2.19. The third-order valence-corrected chi connectivity index (χ3v) is 3.84. The van der Waals surface area contributed by atoms with Gasteiger partial charge in [0.05, 0.1) is 18.4 Å². The number of aromatic nitrogens is 2. The van der Waals surface area contributed by atoms with Crippen molar-refractivity contribution < 1.29 is 14.6 Å². The topological polar surface area (TPSA) is 87.2 Å². The first-order valence-corrected chi connectivity index (χ1v) is 7.27. The van der Waals surface area contributed by atoms with Gasteiger partial charge in [-0.3, -0.25) is 0 Å². The lowest BCUT2D eigenvalue weighted by Gasteiger charge is -2.17. The van der Waals surface area contributed by atoms with Crippen LogP contribution >= 0.6 is 0 Å². The Kier molecular flexibility index (Phi) is 3.79. The van der Waals surface area contributed by atoms with Crippen molar-refractivity contribution >= 4 is 22.7 Å². The van der Waals surface area contributed by atoms with E-state index in [0.717, 1.165) is 29.6 Å². The van der Waals surface area contributed by atoms with Crippen LogP contribution in [0.3, 0.4) is 0 Å². The van der Waals surface area contributed by atoms with Crippen molar-refractivity contribution in [2.75, 3.05) is 11.9 Å². The maximum Gasteiger partial charge on any atom is 0.341 e. The number of carbonyl (C=O) groups is 1. The molecule has 0 aromatic carbocycles. The minimum absolute atomic E-state index is 0.161. The lowest BCUT2D eigenvalue weighted by atomic mass is 10.1. The number of hydrogen-bond acceptors (Lipinski definition) is 5. The quantitative estimate of drug-likeness (QED) is 0.750. The fraction of sp³-hybridized carbons (Fsp3) is 0.467. The monoisotopic (exact) mass is 289 g/mol. The molecular formula is C15H19N3O3. The maximum absolute atomic E-state index is 12.1. The van der Waals surface area contributed by atoms with Gasteiger partial charge in [0.25, 0.3) is 0 Å². The fourth-order valence-electron chi connectivity index (χ4n) is 2.82. The van der Waals surface area contributed by atoms with Gasteiger partial charge in [0.2, 0.25) is 0 Å². The summed E-state index contributed by atoms with van der Waals surface area (Å²) in [7, 11) is 0. The molecule has 6 nitrogen and oxygen atoms in total. The molecule has 3 rings (SSSR count). The Hall–Kier alpha value is -2.08. The molecule has 3 N–H and O–H groups in total. The van der Waals surface area contributed by atoms with E-state index in [1.54, 1.807) is 13.1 Å². The van der Waals surface area contributed by atoms with Crippen molar-refractivity contribution in [3.8, 4) is 0 Å². The zero-order valence-corrected chi connectivity index (χ0v) is 11.9. The highest BCUT2D eigenvalue weighted by atomic mass is 16.5. The SMILES string of the molecule is CCOC(=O)c1cnc2[nH]ccc2c1N[C@H]1CC[C@H](O)C1. The molecule has 6 heteroatoms. The molecule has 1 aliphatic carbocycles. The Balaban J connectivity index is 1.97. The van der Waals surface area contributed by atoms with Gasteiger partial charge in [0, 0.05) is 23.8 Å². The molecule has 0 radical (unpaired) electrons. The highest BCUT2D eigenvalue weighted by Crippen LogP contribution is 2.30. The third-order valence-electron chi connectivity index (χ3n) is 3.84. The van der Waals surface area contributed by atoms with Gasteiger partial charge in [-0.15, -0.1) is 0 Å². The van der Waals surface area contributed by atoms with Crippen LogP contribution < -0.4 is 5.32 Å². The Bertz CT molecular complexity index is 653. The number of carbonyl (C=O) groups excluding carboxylic acids is 1. The molecule has 2 aromatic rings. The number of hydrogen-bond donors (Lipinski definition) is 3. The first-order valence-electron chi connectivity index (χ1n) is 7.27. The molecule has 0 aliphatic heterocycles. The number of aliphatic hydroxyl groups is 1. The van der Waals surface area contributed by atoms with Crippen molar-refractivity contribution in [1.29, 1.82) is 0 Å². The molecule has 21 heavy (non-hydrogen) atoms. The standard InChI is InChI=1S/C15H19N3O3/c1-2-21-15(20)12-8-17-14-11(5-6-16-14)13(12)18-9-3-4-10(19)7-9/h5-6,8-10,19H,2-4,7H2,1H3,(H2,16,17,18)/t9-,10-/m0/s1. The summed E-state index contributed by atoms with van der Waals surface area (Å²) < 4.78 is 5.10. The zero-order valence-electron chi connectivity index (χ0n) is 11.9. The molecule has 0 amide bonds. The van der Waals surface area contributed by atoms with Gasteiger partial charge in [0.1, 0.15) is 11.2 Å². The van der Waals surface area contributed by atoms with E-state index < -0.39 is 0 Å². The molecule has 0 bridgehead atoms. The molecule has 0 saturated heterocycles. The summed E-state index contributed by atoms with van der Waals surface area (Å²) in [6.07, 6.45) is 5.42. The minimum atomic E-state index is -0.380. The number of esters is 1. The number of H-pyrrole nitrogens is 1. The molecule has 2 aromatic heterocycles. The number of nitrogens with zero attached hydrogens (tertiary/aromatic N) is 1. The van der Waals surface area contributed by atoms with E-state index in [1.165, 1.54) is 6.20 Å². The van der Waals surface area contributed by atoms with Gasteiger partial charge < -0.3 is 20.1 Å². The van der Waals surface area contributed by atoms with Crippen molar-refractivity contribution in [3.63, 3.8) is 0 Å². The summed E-state index contributed by atoms with van der Waals surface area (Å²) in [6, 6.07) is 2.05. The Morgan fingerprint density at radius 3 is 3.14 bits per heavy atom. The van der Waals surface area contributed by atoms with E-state index in [0.29, 0.717) is 18.6 Å². The summed E-state index contributed by atoms with van der Waals surface area (Å²) in [5, 5.41) is 13.9. The summed E-state index contributed by atoms with van der Waals surface area (Å²) >= 11 is 0. The third kappa shape index (κ3) is 2.71. The van der Waals surface area contributed by atoms with E-state index >= 15 is 0 Å². The van der Waals surface area contributed by atoms with E-state index in [2.05, 4.69) is 15.3 Å². The predicted octanol–water partition coefficient (Wildman–Crippen LogP) is 2.06. The highest BCUT2D eigenvalue weighted by molar-refractivity contribution is 6.04. The number of rotatable bonds is 4. The van der Waals surface area contributed by atoms with E-state index in [-0.39, 0.29) is 18.1 Å². The van der Waals surface area contributed by atoms with Crippen molar-refractivity contribution in [3.05, 3.63) is 24.0 Å². The second-order valence-electron chi connectivity index (χ2n) is 5.32. The van der Waals surface area contributed by atoms with Crippen LogP contribution in [0.4, 0.5) is 5.69 Å². The lowest BCUT2D eigenvalue weighted by molar-refractivity contribution is 0.0527. The normalized spacial score (nSPS) is 21.6. The molecule has 2 atom stereocenters. The number of fused-ring (bicyclic) bond motifs is 1. The van der Waals surface area contributed by atoms with Gasteiger partial charge in [-0.05, 0) is 32.3 Å². The van der Waals surface area contributed by atoms with Crippen LogP contribution in [0.1, 0.15) is 36.5 Å². The van der Waals surface area contributed by atoms with E-state index in [1.807, 2.05) is 6.07 Å². The van der Waals surface area contributed by atoms with Crippen LogP contribution in [0.15, 0.2) is 18.5 Å². The number of anilines is 1. The number of aromatic amines is 1. The van der Waals surface area contributed by atoms with Crippen molar-refractivity contribution in [1.82, 2.24) is 9.97 Å². The Morgan fingerprint density at radius 2 is 2.43 bits per heavy atom. The summed E-state index contributed by atoms with van der Waals surface area (Å²) in [4.78, 5) is 19.4. The molecule has 112 valence electrons. The number of ether oxygens (including phenoxy) is 1. The molecular weight excluding hydrogens is 270 g/mol. The molecule has 0 spiro atoms. The largest absolute Gasteiger partial charge is 0.462 e. The van der Waals surface area contributed by atoms with E-state index in [9.17, 15) is 9.90 Å². The van der Waals surface area contributed by atoms with Crippen LogP contribution in [0.2, 0.25) is 0 Å². The Labute approximate surface area is 122 Å². The van der Waals surface area contributed by atoms with Crippen molar-refractivity contribution in [2.24, 2.45) is 0 Å².